The zero-order valence-corrected chi connectivity index (χ0v) is 13.6. The lowest BCUT2D eigenvalue weighted by molar-refractivity contribution is 0.0895. The van der Waals surface area contributed by atoms with E-state index in [1.54, 1.807) is 49.7 Å². The van der Waals surface area contributed by atoms with Crippen LogP contribution in [0.25, 0.3) is 0 Å². The first-order chi connectivity index (χ1) is 10.9. The third-order valence-corrected chi connectivity index (χ3v) is 3.83. The first kappa shape index (κ1) is 16.7. The molecule has 0 bridgehead atoms. The Hall–Kier alpha value is -2.65. The molecular formula is C17H16N2O3S. The van der Waals surface area contributed by atoms with Crippen LogP contribution in [0.15, 0.2) is 35.8 Å². The van der Waals surface area contributed by atoms with Gasteiger partial charge >= 0.3 is 0 Å². The Balaban J connectivity index is 2.03. The number of ketones is 1. The van der Waals surface area contributed by atoms with Crippen LogP contribution in [-0.2, 0) is 0 Å². The average molecular weight is 328 g/mol. The Morgan fingerprint density at radius 3 is 2.83 bits per heavy atom. The summed E-state index contributed by atoms with van der Waals surface area (Å²) < 4.78 is 5.47. The van der Waals surface area contributed by atoms with Gasteiger partial charge in [0.15, 0.2) is 6.61 Å². The molecule has 0 saturated heterocycles. The largest absolute Gasteiger partial charge is 0.484 e. The number of pyridine rings is 1. The summed E-state index contributed by atoms with van der Waals surface area (Å²) >= 11 is 1.22. The van der Waals surface area contributed by atoms with Crippen molar-refractivity contribution < 1.29 is 14.3 Å². The summed E-state index contributed by atoms with van der Waals surface area (Å²) in [5.74, 6) is 2.26. The van der Waals surface area contributed by atoms with Gasteiger partial charge in [-0.3, -0.25) is 14.6 Å². The summed E-state index contributed by atoms with van der Waals surface area (Å²) in [5.41, 5.74) is -0.440. The van der Waals surface area contributed by atoms with Crippen molar-refractivity contribution in [2.24, 2.45) is 0 Å². The van der Waals surface area contributed by atoms with Crippen molar-refractivity contribution in [2.45, 2.75) is 19.4 Å². The van der Waals surface area contributed by atoms with Crippen molar-refractivity contribution >= 4 is 23.0 Å². The third-order valence-electron chi connectivity index (χ3n) is 2.93. The van der Waals surface area contributed by atoms with Gasteiger partial charge in [0.1, 0.15) is 16.3 Å². The molecule has 2 heterocycles. The van der Waals surface area contributed by atoms with Gasteiger partial charge in [-0.15, -0.1) is 17.8 Å². The fourth-order valence-corrected chi connectivity index (χ4v) is 2.43. The highest BCUT2D eigenvalue weighted by molar-refractivity contribution is 7.12. The van der Waals surface area contributed by atoms with E-state index < -0.39 is 5.54 Å². The van der Waals surface area contributed by atoms with Crippen molar-refractivity contribution in [2.75, 3.05) is 6.61 Å². The van der Waals surface area contributed by atoms with Gasteiger partial charge < -0.3 is 10.1 Å². The fraction of sp³-hybridized carbons (Fsp3) is 0.235. The molecule has 2 aromatic rings. The molecule has 0 aromatic carbocycles. The minimum atomic E-state index is -0.762. The number of hydrogen-bond donors (Lipinski definition) is 1. The summed E-state index contributed by atoms with van der Waals surface area (Å²) in [6, 6.07) is 6.72. The minimum Gasteiger partial charge on any atom is -0.484 e. The van der Waals surface area contributed by atoms with E-state index >= 15 is 0 Å². The maximum absolute atomic E-state index is 12.2. The van der Waals surface area contributed by atoms with E-state index in [0.717, 1.165) is 0 Å². The van der Waals surface area contributed by atoms with E-state index in [2.05, 4.69) is 16.2 Å². The van der Waals surface area contributed by atoms with E-state index in [9.17, 15) is 9.59 Å². The van der Waals surface area contributed by atoms with Crippen LogP contribution in [0.3, 0.4) is 0 Å². The quantitative estimate of drug-likeness (QED) is 0.653. The van der Waals surface area contributed by atoms with Crippen LogP contribution in [0.5, 0.6) is 5.75 Å². The lowest BCUT2D eigenvalue weighted by atomic mass is 10.1. The topological polar surface area (TPSA) is 68.3 Å². The van der Waals surface area contributed by atoms with Crippen LogP contribution in [0, 0.1) is 12.3 Å². The zero-order chi connectivity index (χ0) is 16.9. The highest BCUT2D eigenvalue weighted by Crippen LogP contribution is 2.25. The average Bonchev–Trinajstić information content (AvgIpc) is 3.01. The third kappa shape index (κ3) is 4.41. The number of nitrogens with zero attached hydrogens (tertiary/aromatic N) is 1. The number of carbonyl (C=O) groups excluding carboxylic acids is 2. The number of terminal acetylenes is 1. The molecule has 23 heavy (non-hydrogen) atoms. The molecule has 0 aliphatic rings. The van der Waals surface area contributed by atoms with Crippen molar-refractivity contribution in [3.63, 3.8) is 0 Å². The van der Waals surface area contributed by atoms with Crippen LogP contribution >= 0.6 is 11.3 Å². The van der Waals surface area contributed by atoms with Crippen molar-refractivity contribution in [3.05, 3.63) is 46.4 Å². The molecule has 118 valence electrons. The fourth-order valence-electron chi connectivity index (χ4n) is 1.70. The monoisotopic (exact) mass is 328 g/mol. The van der Waals surface area contributed by atoms with Crippen LogP contribution in [0.4, 0.5) is 0 Å². The molecule has 0 radical (unpaired) electrons. The Morgan fingerprint density at radius 1 is 1.39 bits per heavy atom. The number of rotatable bonds is 6. The van der Waals surface area contributed by atoms with Crippen molar-refractivity contribution in [3.8, 4) is 18.1 Å². The first-order valence-electron chi connectivity index (χ1n) is 6.88. The lowest BCUT2D eigenvalue weighted by Gasteiger charge is -2.19. The molecule has 0 fully saturated rings. The predicted molar refractivity (Wildman–Crippen MR) is 88.8 cm³/mol. The van der Waals surface area contributed by atoms with E-state index in [1.165, 1.54) is 11.3 Å². The summed E-state index contributed by atoms with van der Waals surface area (Å²) in [4.78, 5) is 28.6. The SMILES string of the molecule is C#CC(C)(C)NC(=O)c1sccc1OCC(=O)c1ccccn1. The van der Waals surface area contributed by atoms with Gasteiger partial charge in [-0.1, -0.05) is 12.0 Å². The molecule has 2 aromatic heterocycles. The molecule has 0 saturated carbocycles. The number of hydrogen-bond acceptors (Lipinski definition) is 5. The summed E-state index contributed by atoms with van der Waals surface area (Å²) in [7, 11) is 0. The molecule has 0 aliphatic carbocycles. The summed E-state index contributed by atoms with van der Waals surface area (Å²) in [6.07, 6.45) is 6.90. The van der Waals surface area contributed by atoms with Gasteiger partial charge in [0.05, 0.1) is 5.54 Å². The van der Waals surface area contributed by atoms with Gasteiger partial charge in [-0.2, -0.15) is 0 Å². The summed E-state index contributed by atoms with van der Waals surface area (Å²) in [5, 5.41) is 4.45. The lowest BCUT2D eigenvalue weighted by Crippen LogP contribution is -2.41. The minimum absolute atomic E-state index is 0.188. The second kappa shape index (κ2) is 7.07. The Kier molecular flexibility index (Phi) is 5.14. The van der Waals surface area contributed by atoms with E-state index in [4.69, 9.17) is 11.2 Å². The molecule has 0 spiro atoms. The second-order valence-corrected chi connectivity index (χ2v) is 6.18. The second-order valence-electron chi connectivity index (χ2n) is 5.26. The summed E-state index contributed by atoms with van der Waals surface area (Å²) in [6.45, 7) is 3.26. The molecule has 0 atom stereocenters. The molecule has 1 amide bonds. The van der Waals surface area contributed by atoms with Gasteiger partial charge in [-0.05, 0) is 37.4 Å². The predicted octanol–water partition coefficient (Wildman–Crippen LogP) is 2.55. The molecule has 2 rings (SSSR count). The van der Waals surface area contributed by atoms with E-state index in [1.807, 2.05) is 0 Å². The molecular weight excluding hydrogens is 312 g/mol. The van der Waals surface area contributed by atoms with Gasteiger partial charge in [0.2, 0.25) is 5.78 Å². The van der Waals surface area contributed by atoms with Crippen LogP contribution in [0.2, 0.25) is 0 Å². The first-order valence-corrected chi connectivity index (χ1v) is 7.76. The van der Waals surface area contributed by atoms with Crippen molar-refractivity contribution in [1.29, 1.82) is 0 Å². The van der Waals surface area contributed by atoms with E-state index in [-0.39, 0.29) is 18.3 Å². The molecule has 0 aliphatic heterocycles. The maximum Gasteiger partial charge on any atom is 0.266 e. The number of aromatic nitrogens is 1. The zero-order valence-electron chi connectivity index (χ0n) is 12.8. The standard InChI is InChI=1S/C17H16N2O3S/c1-4-17(2,3)19-16(21)15-14(8-10-23-15)22-11-13(20)12-7-5-6-9-18-12/h1,5-10H,11H2,2-3H3,(H,19,21). The number of ether oxygens (including phenoxy) is 1. The number of thiophene rings is 1. The van der Waals surface area contributed by atoms with Gasteiger partial charge in [0, 0.05) is 6.20 Å². The Bertz CT molecular complexity index is 745. The normalized spacial score (nSPS) is 10.7. The maximum atomic E-state index is 12.2. The van der Waals surface area contributed by atoms with E-state index in [0.29, 0.717) is 16.3 Å². The van der Waals surface area contributed by atoms with Crippen LogP contribution in [0.1, 0.15) is 34.0 Å². The highest BCUT2D eigenvalue weighted by Gasteiger charge is 2.22. The number of nitrogens with one attached hydrogen (secondary N) is 1. The Morgan fingerprint density at radius 2 is 2.17 bits per heavy atom. The van der Waals surface area contributed by atoms with Gasteiger partial charge in [-0.25, -0.2) is 0 Å². The molecule has 0 unspecified atom stereocenters. The highest BCUT2D eigenvalue weighted by atomic mass is 32.1. The van der Waals surface area contributed by atoms with Gasteiger partial charge in [0.25, 0.3) is 5.91 Å². The molecule has 5 nitrogen and oxygen atoms in total. The number of carbonyl (C=O) groups is 2. The smallest absolute Gasteiger partial charge is 0.266 e. The molecule has 6 heteroatoms. The number of Topliss-reactive ketones (excluding diaryl/α,β-unsaturated/α-hetero) is 1. The van der Waals surface area contributed by atoms with Crippen molar-refractivity contribution in [1.82, 2.24) is 10.3 Å². The number of amides is 1. The molecule has 1 N–H and O–H groups in total. The van der Waals surface area contributed by atoms with Crippen LogP contribution in [-0.4, -0.2) is 28.8 Å². The Labute approximate surface area is 138 Å². The van der Waals surface area contributed by atoms with Crippen LogP contribution < -0.4 is 10.1 Å².